The van der Waals surface area contributed by atoms with E-state index in [2.05, 4.69) is 19.1 Å². The first kappa shape index (κ1) is 19.7. The van der Waals surface area contributed by atoms with E-state index in [9.17, 15) is 9.36 Å². The zero-order chi connectivity index (χ0) is 16.0. The van der Waals surface area contributed by atoms with Crippen LogP contribution in [0.2, 0.25) is 0 Å². The average Bonchev–Trinajstić information content (AvgIpc) is 2.46. The molecule has 0 bridgehead atoms. The molecule has 3 nitrogen and oxygen atoms in total. The van der Waals surface area contributed by atoms with Crippen LogP contribution in [0, 0.1) is 12.3 Å². The second-order valence-corrected chi connectivity index (χ2v) is 8.42. The Labute approximate surface area is 129 Å². The topological polar surface area (TPSA) is 43.4 Å². The quantitative estimate of drug-likeness (QED) is 0.168. The van der Waals surface area contributed by atoms with Crippen molar-refractivity contribution in [3.05, 3.63) is 25.3 Å². The molecule has 0 aromatic rings. The molecule has 0 radical (unpaired) electrons. The highest BCUT2D eigenvalue weighted by atomic mass is 31.2. The standard InChI is InChI=1S/C17H27O3P/c1-4-7-9-11-14-21(19,15-12-10-8-5-2)16-17(18)20-13-6-3/h3-5H,1-2,7-16H2. The molecule has 0 heterocycles. The Morgan fingerprint density at radius 2 is 1.62 bits per heavy atom. The van der Waals surface area contributed by atoms with Gasteiger partial charge < -0.3 is 9.30 Å². The first-order valence-corrected chi connectivity index (χ1v) is 9.72. The molecule has 0 saturated carbocycles. The van der Waals surface area contributed by atoms with Gasteiger partial charge in [0, 0.05) is 12.3 Å². The van der Waals surface area contributed by atoms with Gasteiger partial charge in [-0.15, -0.1) is 19.6 Å². The van der Waals surface area contributed by atoms with Crippen LogP contribution in [0.3, 0.4) is 0 Å². The zero-order valence-electron chi connectivity index (χ0n) is 12.9. The van der Waals surface area contributed by atoms with Gasteiger partial charge in [-0.1, -0.05) is 18.1 Å². The largest absolute Gasteiger partial charge is 0.452 e. The molecule has 0 amide bonds. The van der Waals surface area contributed by atoms with Crippen LogP contribution in [0.4, 0.5) is 0 Å². The lowest BCUT2D eigenvalue weighted by molar-refractivity contribution is -0.139. The Balaban J connectivity index is 4.39. The van der Waals surface area contributed by atoms with Gasteiger partial charge in [0.05, 0.1) is 13.3 Å². The molecule has 0 spiro atoms. The normalized spacial score (nSPS) is 10.6. The first-order valence-electron chi connectivity index (χ1n) is 7.46. The maximum Gasteiger partial charge on any atom is 0.314 e. The minimum absolute atomic E-state index is 0.0108. The molecule has 0 unspecified atom stereocenters. The predicted octanol–water partition coefficient (Wildman–Crippen LogP) is 4.24. The molecule has 0 aliphatic rings. The second-order valence-electron chi connectivity index (χ2n) is 5.10. The van der Waals surface area contributed by atoms with E-state index in [1.165, 1.54) is 0 Å². The lowest BCUT2D eigenvalue weighted by Crippen LogP contribution is -2.14. The molecule has 0 fully saturated rings. The van der Waals surface area contributed by atoms with Crippen LogP contribution in [-0.4, -0.2) is 31.1 Å². The summed E-state index contributed by atoms with van der Waals surface area (Å²) in [5.41, 5.74) is 0. The van der Waals surface area contributed by atoms with E-state index in [4.69, 9.17) is 11.2 Å². The van der Waals surface area contributed by atoms with Crippen molar-refractivity contribution in [2.45, 2.75) is 38.5 Å². The van der Waals surface area contributed by atoms with E-state index < -0.39 is 13.1 Å². The van der Waals surface area contributed by atoms with Gasteiger partial charge in [-0.2, -0.15) is 0 Å². The Hall–Kier alpha value is -1.26. The van der Waals surface area contributed by atoms with E-state index in [1.54, 1.807) is 0 Å². The van der Waals surface area contributed by atoms with E-state index in [0.29, 0.717) is 12.3 Å². The van der Waals surface area contributed by atoms with E-state index >= 15 is 0 Å². The van der Waals surface area contributed by atoms with Crippen molar-refractivity contribution in [1.29, 1.82) is 0 Å². The van der Waals surface area contributed by atoms with Crippen LogP contribution >= 0.6 is 7.14 Å². The number of rotatable bonds is 13. The zero-order valence-corrected chi connectivity index (χ0v) is 13.8. The second kappa shape index (κ2) is 12.5. The summed E-state index contributed by atoms with van der Waals surface area (Å²) in [5.74, 6) is 1.81. The molecule has 0 aliphatic carbocycles. The number of esters is 1. The fraction of sp³-hybridized carbons (Fsp3) is 0.588. The monoisotopic (exact) mass is 310 g/mol. The summed E-state index contributed by atoms with van der Waals surface area (Å²) >= 11 is 0. The third-order valence-corrected chi connectivity index (χ3v) is 6.28. The van der Waals surface area contributed by atoms with Crippen LogP contribution in [0.25, 0.3) is 0 Å². The number of carbonyl (C=O) groups is 1. The predicted molar refractivity (Wildman–Crippen MR) is 90.1 cm³/mol. The van der Waals surface area contributed by atoms with Gasteiger partial charge in [-0.05, 0) is 38.5 Å². The lowest BCUT2D eigenvalue weighted by Gasteiger charge is -2.17. The SMILES string of the molecule is C#CCOC(=O)CP(=O)(CCCCC=C)CCCCC=C. The van der Waals surface area contributed by atoms with Crippen LogP contribution in [0.5, 0.6) is 0 Å². The van der Waals surface area contributed by atoms with Crippen molar-refractivity contribution in [3.8, 4) is 12.3 Å². The molecule has 118 valence electrons. The number of terminal acetylenes is 1. The minimum Gasteiger partial charge on any atom is -0.452 e. The van der Waals surface area contributed by atoms with Crippen molar-refractivity contribution >= 4 is 13.1 Å². The lowest BCUT2D eigenvalue weighted by atomic mass is 10.2. The van der Waals surface area contributed by atoms with Crippen molar-refractivity contribution in [2.24, 2.45) is 0 Å². The molecular formula is C17H27O3P. The molecule has 0 aromatic carbocycles. The van der Waals surface area contributed by atoms with Crippen LogP contribution < -0.4 is 0 Å². The highest BCUT2D eigenvalue weighted by Crippen LogP contribution is 2.47. The van der Waals surface area contributed by atoms with E-state index in [-0.39, 0.29) is 12.8 Å². The van der Waals surface area contributed by atoms with Crippen LogP contribution in [0.1, 0.15) is 38.5 Å². The molecule has 0 saturated heterocycles. The molecule has 0 N–H and O–H groups in total. The Bertz CT molecular complexity index is 387. The van der Waals surface area contributed by atoms with E-state index in [1.807, 2.05) is 12.2 Å². The van der Waals surface area contributed by atoms with Crippen molar-refractivity contribution in [2.75, 3.05) is 25.1 Å². The number of allylic oxidation sites excluding steroid dienone is 2. The molecule has 4 heteroatoms. The summed E-state index contributed by atoms with van der Waals surface area (Å²) in [4.78, 5) is 11.7. The maximum atomic E-state index is 12.9. The van der Waals surface area contributed by atoms with Crippen molar-refractivity contribution in [1.82, 2.24) is 0 Å². The van der Waals surface area contributed by atoms with Gasteiger partial charge in [-0.3, -0.25) is 4.79 Å². The third kappa shape index (κ3) is 11.1. The average molecular weight is 310 g/mol. The Kier molecular flexibility index (Phi) is 11.7. The molecule has 0 aliphatic heterocycles. The van der Waals surface area contributed by atoms with Crippen molar-refractivity contribution in [3.63, 3.8) is 0 Å². The van der Waals surface area contributed by atoms with Crippen LogP contribution in [0.15, 0.2) is 25.3 Å². The number of unbranched alkanes of at least 4 members (excludes halogenated alkanes) is 4. The highest BCUT2D eigenvalue weighted by molar-refractivity contribution is 7.64. The van der Waals surface area contributed by atoms with Gasteiger partial charge >= 0.3 is 5.97 Å². The Morgan fingerprint density at radius 3 is 2.05 bits per heavy atom. The molecular weight excluding hydrogens is 283 g/mol. The smallest absolute Gasteiger partial charge is 0.314 e. The van der Waals surface area contributed by atoms with Gasteiger partial charge in [0.15, 0.2) is 6.61 Å². The molecule has 21 heavy (non-hydrogen) atoms. The maximum absolute atomic E-state index is 12.9. The molecule has 0 aromatic heterocycles. The minimum atomic E-state index is -2.51. The van der Waals surface area contributed by atoms with Gasteiger partial charge in [0.2, 0.25) is 0 Å². The van der Waals surface area contributed by atoms with Crippen LogP contribution in [-0.2, 0) is 14.1 Å². The molecule has 0 atom stereocenters. The first-order chi connectivity index (χ1) is 10.1. The number of hydrogen-bond donors (Lipinski definition) is 0. The molecule has 0 rings (SSSR count). The summed E-state index contributed by atoms with van der Waals surface area (Å²) in [7, 11) is -2.51. The third-order valence-electron chi connectivity index (χ3n) is 3.18. The number of carbonyl (C=O) groups excluding carboxylic acids is 1. The summed E-state index contributed by atoms with van der Waals surface area (Å²) in [5, 5.41) is 0. The van der Waals surface area contributed by atoms with E-state index in [0.717, 1.165) is 38.5 Å². The number of ether oxygens (including phenoxy) is 1. The van der Waals surface area contributed by atoms with Gasteiger partial charge in [0.1, 0.15) is 0 Å². The summed E-state index contributed by atoms with van der Waals surface area (Å²) in [6.45, 7) is 7.30. The number of hydrogen-bond acceptors (Lipinski definition) is 3. The summed E-state index contributed by atoms with van der Waals surface area (Å²) < 4.78 is 17.8. The van der Waals surface area contributed by atoms with Crippen molar-refractivity contribution < 1.29 is 14.1 Å². The fourth-order valence-corrected chi connectivity index (χ4v) is 4.75. The summed E-state index contributed by atoms with van der Waals surface area (Å²) in [6, 6.07) is 0. The van der Waals surface area contributed by atoms with Gasteiger partial charge in [0.25, 0.3) is 0 Å². The summed E-state index contributed by atoms with van der Waals surface area (Å²) in [6.07, 6.45) is 15.4. The highest BCUT2D eigenvalue weighted by Gasteiger charge is 2.25. The Morgan fingerprint density at radius 1 is 1.10 bits per heavy atom. The van der Waals surface area contributed by atoms with Gasteiger partial charge in [-0.25, -0.2) is 0 Å². The fourth-order valence-electron chi connectivity index (χ4n) is 2.05.